The normalized spacial score (nSPS) is 19.8. The van der Waals surface area contributed by atoms with Gasteiger partial charge in [0.25, 0.3) is 0 Å². The molecule has 2 rings (SSSR count). The number of nitrogens with one attached hydrogen (secondary N) is 1. The largest absolute Gasteiger partial charge is 0.397 e. The first kappa shape index (κ1) is 14.8. The molecule has 1 unspecified atom stereocenters. The summed E-state index contributed by atoms with van der Waals surface area (Å²) >= 11 is 0. The second kappa shape index (κ2) is 6.69. The monoisotopic (exact) mass is 279 g/mol. The van der Waals surface area contributed by atoms with Gasteiger partial charge in [0.2, 0.25) is 5.91 Å². The molecule has 6 heteroatoms. The van der Waals surface area contributed by atoms with Crippen LogP contribution in [0.3, 0.4) is 0 Å². The molecule has 0 radical (unpaired) electrons. The Balaban J connectivity index is 1.92. The Labute approximate surface area is 118 Å². The lowest BCUT2D eigenvalue weighted by Gasteiger charge is -2.31. The topological polar surface area (TPSA) is 87.8 Å². The molecule has 1 amide bonds. The van der Waals surface area contributed by atoms with Crippen molar-refractivity contribution in [3.05, 3.63) is 23.8 Å². The number of aliphatic hydroxyl groups excluding tert-OH is 1. The zero-order chi connectivity index (χ0) is 14.5. The number of nitrogens with two attached hydrogens (primary N) is 1. The van der Waals surface area contributed by atoms with Crippen molar-refractivity contribution in [1.29, 1.82) is 0 Å². The molecular weight excluding hydrogens is 258 g/mol. The van der Waals surface area contributed by atoms with Crippen molar-refractivity contribution >= 4 is 17.3 Å². The Morgan fingerprint density at radius 2 is 2.40 bits per heavy atom. The molecule has 1 saturated heterocycles. The van der Waals surface area contributed by atoms with Gasteiger partial charge < -0.3 is 20.9 Å². The fourth-order valence-electron chi connectivity index (χ4n) is 2.28. The van der Waals surface area contributed by atoms with Crippen LogP contribution in [0.2, 0.25) is 0 Å². The van der Waals surface area contributed by atoms with E-state index in [-0.39, 0.29) is 25.2 Å². The van der Waals surface area contributed by atoms with Crippen molar-refractivity contribution in [3.63, 3.8) is 0 Å². The number of carbonyl (C=O) groups excluding carboxylic acids is 1. The summed E-state index contributed by atoms with van der Waals surface area (Å²) in [7, 11) is 0. The lowest BCUT2D eigenvalue weighted by Crippen LogP contribution is -2.46. The van der Waals surface area contributed by atoms with Gasteiger partial charge in [-0.3, -0.25) is 9.69 Å². The van der Waals surface area contributed by atoms with E-state index >= 15 is 0 Å². The standard InChI is InChI=1S/C14H21N3O3/c1-10-3-2-4-12(15)14(10)16-13(19)8-17-5-6-20-11(7-17)9-18/h2-4,11,18H,5-9,15H2,1H3,(H,16,19). The van der Waals surface area contributed by atoms with Gasteiger partial charge in [0.15, 0.2) is 0 Å². The third kappa shape index (κ3) is 3.69. The van der Waals surface area contributed by atoms with Gasteiger partial charge in [0.1, 0.15) is 0 Å². The molecule has 0 spiro atoms. The van der Waals surface area contributed by atoms with E-state index < -0.39 is 0 Å². The Kier molecular flexibility index (Phi) is 4.94. The maximum Gasteiger partial charge on any atom is 0.238 e. The third-order valence-corrected chi connectivity index (χ3v) is 3.36. The van der Waals surface area contributed by atoms with Crippen LogP contribution in [0.25, 0.3) is 0 Å². The maximum absolute atomic E-state index is 12.1. The molecule has 1 aliphatic heterocycles. The van der Waals surface area contributed by atoms with Crippen molar-refractivity contribution in [1.82, 2.24) is 4.90 Å². The van der Waals surface area contributed by atoms with Crippen LogP contribution in [0.1, 0.15) is 5.56 Å². The first-order valence-corrected chi connectivity index (χ1v) is 6.70. The highest BCUT2D eigenvalue weighted by atomic mass is 16.5. The number of benzene rings is 1. The summed E-state index contributed by atoms with van der Waals surface area (Å²) in [5.41, 5.74) is 8.04. The Morgan fingerprint density at radius 3 is 3.10 bits per heavy atom. The quantitative estimate of drug-likeness (QED) is 0.686. The number of anilines is 2. The fraction of sp³-hybridized carbons (Fsp3) is 0.500. The minimum Gasteiger partial charge on any atom is -0.397 e. The average molecular weight is 279 g/mol. The number of morpholine rings is 1. The summed E-state index contributed by atoms with van der Waals surface area (Å²) in [6.45, 7) is 3.93. The second-order valence-corrected chi connectivity index (χ2v) is 5.00. The number of nitrogens with zero attached hydrogens (tertiary/aromatic N) is 1. The van der Waals surface area contributed by atoms with Crippen LogP contribution < -0.4 is 11.1 Å². The zero-order valence-electron chi connectivity index (χ0n) is 11.6. The molecular formula is C14H21N3O3. The molecule has 20 heavy (non-hydrogen) atoms. The minimum absolute atomic E-state index is 0.0249. The lowest BCUT2D eigenvalue weighted by atomic mass is 10.1. The molecule has 110 valence electrons. The molecule has 1 heterocycles. The molecule has 0 aliphatic carbocycles. The second-order valence-electron chi connectivity index (χ2n) is 5.00. The molecule has 4 N–H and O–H groups in total. The van der Waals surface area contributed by atoms with Crippen molar-refractivity contribution < 1.29 is 14.6 Å². The summed E-state index contributed by atoms with van der Waals surface area (Å²) < 4.78 is 5.35. The Hall–Kier alpha value is -1.63. The molecule has 6 nitrogen and oxygen atoms in total. The van der Waals surface area contributed by atoms with Gasteiger partial charge in [0, 0.05) is 13.1 Å². The molecule has 0 saturated carbocycles. The Bertz CT molecular complexity index is 458. The number of amides is 1. The number of para-hydroxylation sites is 1. The molecule has 1 atom stereocenters. The molecule has 0 aromatic heterocycles. The van der Waals surface area contributed by atoms with Gasteiger partial charge in [-0.2, -0.15) is 0 Å². The van der Waals surface area contributed by atoms with E-state index in [1.807, 2.05) is 24.0 Å². The van der Waals surface area contributed by atoms with E-state index in [0.29, 0.717) is 31.1 Å². The molecule has 1 aromatic carbocycles. The third-order valence-electron chi connectivity index (χ3n) is 3.36. The first-order chi connectivity index (χ1) is 9.60. The van der Waals surface area contributed by atoms with Crippen LogP contribution in [0.4, 0.5) is 11.4 Å². The predicted molar refractivity (Wildman–Crippen MR) is 77.5 cm³/mol. The van der Waals surface area contributed by atoms with Gasteiger partial charge in [-0.1, -0.05) is 12.1 Å². The Morgan fingerprint density at radius 1 is 1.60 bits per heavy atom. The smallest absolute Gasteiger partial charge is 0.238 e. The van der Waals surface area contributed by atoms with Crippen LogP contribution in [0.5, 0.6) is 0 Å². The number of carbonyl (C=O) groups is 1. The maximum atomic E-state index is 12.1. The van der Waals surface area contributed by atoms with E-state index in [4.69, 9.17) is 15.6 Å². The van der Waals surface area contributed by atoms with Crippen molar-refractivity contribution in [2.24, 2.45) is 0 Å². The van der Waals surface area contributed by atoms with Crippen LogP contribution in [0.15, 0.2) is 18.2 Å². The first-order valence-electron chi connectivity index (χ1n) is 6.70. The van der Waals surface area contributed by atoms with E-state index in [1.54, 1.807) is 6.07 Å². The fourth-order valence-corrected chi connectivity index (χ4v) is 2.28. The van der Waals surface area contributed by atoms with E-state index in [2.05, 4.69) is 5.32 Å². The number of ether oxygens (including phenoxy) is 1. The molecule has 1 aromatic rings. The predicted octanol–water partition coefficient (Wildman–Crippen LogP) is 0.209. The number of aliphatic hydroxyl groups is 1. The van der Waals surface area contributed by atoms with Crippen LogP contribution in [-0.2, 0) is 9.53 Å². The summed E-state index contributed by atoms with van der Waals surface area (Å²) in [6, 6.07) is 5.52. The van der Waals surface area contributed by atoms with E-state index in [1.165, 1.54) is 0 Å². The van der Waals surface area contributed by atoms with Crippen molar-refractivity contribution in [2.45, 2.75) is 13.0 Å². The SMILES string of the molecule is Cc1cccc(N)c1NC(=O)CN1CCOC(CO)C1. The summed E-state index contributed by atoms with van der Waals surface area (Å²) in [5, 5.41) is 11.9. The molecule has 1 fully saturated rings. The number of hydrogen-bond acceptors (Lipinski definition) is 5. The average Bonchev–Trinajstić information content (AvgIpc) is 2.43. The van der Waals surface area contributed by atoms with Crippen LogP contribution in [-0.4, -0.2) is 54.9 Å². The van der Waals surface area contributed by atoms with E-state index in [9.17, 15) is 4.79 Å². The molecule has 0 bridgehead atoms. The van der Waals surface area contributed by atoms with Crippen molar-refractivity contribution in [2.75, 3.05) is 43.9 Å². The summed E-state index contributed by atoms with van der Waals surface area (Å²) in [5.74, 6) is -0.107. The summed E-state index contributed by atoms with van der Waals surface area (Å²) in [6.07, 6.45) is -0.208. The minimum atomic E-state index is -0.208. The lowest BCUT2D eigenvalue weighted by molar-refractivity contribution is -0.120. The number of aryl methyl sites for hydroxylation is 1. The zero-order valence-corrected chi connectivity index (χ0v) is 11.6. The van der Waals surface area contributed by atoms with Gasteiger partial charge in [-0.25, -0.2) is 0 Å². The van der Waals surface area contributed by atoms with Crippen molar-refractivity contribution in [3.8, 4) is 0 Å². The highest BCUT2D eigenvalue weighted by Crippen LogP contribution is 2.22. The highest BCUT2D eigenvalue weighted by Gasteiger charge is 2.21. The molecule has 1 aliphatic rings. The number of rotatable bonds is 4. The van der Waals surface area contributed by atoms with E-state index in [0.717, 1.165) is 5.56 Å². The van der Waals surface area contributed by atoms with Gasteiger partial charge in [-0.05, 0) is 18.6 Å². The van der Waals surface area contributed by atoms with Gasteiger partial charge >= 0.3 is 0 Å². The summed E-state index contributed by atoms with van der Waals surface area (Å²) in [4.78, 5) is 14.0. The number of hydrogen-bond donors (Lipinski definition) is 3. The number of nitrogen functional groups attached to an aromatic ring is 1. The van der Waals surface area contributed by atoms with Crippen LogP contribution in [0, 0.1) is 6.92 Å². The van der Waals surface area contributed by atoms with Crippen LogP contribution >= 0.6 is 0 Å². The van der Waals surface area contributed by atoms with Gasteiger partial charge in [0.05, 0.1) is 37.2 Å². The highest BCUT2D eigenvalue weighted by molar-refractivity contribution is 5.96. The van der Waals surface area contributed by atoms with Gasteiger partial charge in [-0.15, -0.1) is 0 Å².